The first-order valence-electron chi connectivity index (χ1n) is 4.28. The van der Waals surface area contributed by atoms with Gasteiger partial charge in [-0.25, -0.2) is 0 Å². The molecule has 0 bridgehead atoms. The fraction of sp³-hybridized carbons (Fsp3) is 0.182. The van der Waals surface area contributed by atoms with Crippen LogP contribution in [0.1, 0.15) is 23.0 Å². The number of benzene rings is 1. The lowest BCUT2D eigenvalue weighted by atomic mass is 10.2. The first-order chi connectivity index (χ1) is 6.58. The topological polar surface area (TPSA) is 30.2 Å². The van der Waals surface area contributed by atoms with Crippen LogP contribution in [0.3, 0.4) is 0 Å². The summed E-state index contributed by atoms with van der Waals surface area (Å²) in [6.45, 7) is 3.46. The number of furan rings is 1. The third-order valence-electron chi connectivity index (χ3n) is 2.11. The molecule has 0 unspecified atom stereocenters. The van der Waals surface area contributed by atoms with Crippen molar-refractivity contribution in [3.8, 4) is 0 Å². The number of hydrogen-bond acceptors (Lipinski definition) is 2. The molecule has 1 heterocycles. The molecule has 0 N–H and O–H groups in total. The van der Waals surface area contributed by atoms with Crippen LogP contribution in [0, 0.1) is 6.92 Å². The van der Waals surface area contributed by atoms with E-state index in [2.05, 4.69) is 15.9 Å². The minimum absolute atomic E-state index is 0.0447. The highest BCUT2D eigenvalue weighted by Gasteiger charge is 2.09. The van der Waals surface area contributed by atoms with Crippen molar-refractivity contribution < 1.29 is 9.21 Å². The van der Waals surface area contributed by atoms with Crippen LogP contribution in [0.2, 0.25) is 0 Å². The predicted octanol–water partition coefficient (Wildman–Crippen LogP) is 3.71. The molecule has 2 aromatic rings. The molecule has 0 spiro atoms. The van der Waals surface area contributed by atoms with Gasteiger partial charge in [-0.05, 0) is 30.7 Å². The third kappa shape index (κ3) is 1.48. The summed E-state index contributed by atoms with van der Waals surface area (Å²) in [6.07, 6.45) is 0. The Morgan fingerprint density at radius 2 is 2.07 bits per heavy atom. The number of hydrogen-bond donors (Lipinski definition) is 0. The molecule has 0 radical (unpaired) electrons. The molecule has 0 saturated heterocycles. The first kappa shape index (κ1) is 9.46. The Bertz CT molecular complexity index is 511. The average molecular weight is 253 g/mol. The molecule has 3 heteroatoms. The third-order valence-corrected chi connectivity index (χ3v) is 2.57. The number of fused-ring (bicyclic) bond motifs is 1. The smallest absolute Gasteiger partial charge is 0.194 e. The molecule has 0 aliphatic rings. The van der Waals surface area contributed by atoms with Gasteiger partial charge in [0.05, 0.1) is 0 Å². The molecule has 1 aromatic heterocycles. The summed E-state index contributed by atoms with van der Waals surface area (Å²) in [7, 11) is 0. The Hall–Kier alpha value is -1.09. The lowest BCUT2D eigenvalue weighted by molar-refractivity contribution is 0.0989. The van der Waals surface area contributed by atoms with Crippen molar-refractivity contribution in [3.05, 3.63) is 34.0 Å². The largest absolute Gasteiger partial charge is 0.453 e. The van der Waals surface area contributed by atoms with Gasteiger partial charge in [-0.2, -0.15) is 0 Å². The molecule has 0 saturated carbocycles. The maximum absolute atomic E-state index is 11.1. The molecular formula is C11H9BrO2. The van der Waals surface area contributed by atoms with E-state index >= 15 is 0 Å². The van der Waals surface area contributed by atoms with Gasteiger partial charge in [0.1, 0.15) is 5.58 Å². The highest BCUT2D eigenvalue weighted by atomic mass is 79.9. The number of halogens is 1. The van der Waals surface area contributed by atoms with E-state index in [1.54, 1.807) is 6.07 Å². The van der Waals surface area contributed by atoms with Crippen LogP contribution in [-0.2, 0) is 0 Å². The van der Waals surface area contributed by atoms with Crippen molar-refractivity contribution in [2.75, 3.05) is 0 Å². The van der Waals surface area contributed by atoms with Crippen LogP contribution >= 0.6 is 15.9 Å². The number of carbonyl (C=O) groups is 1. The number of aryl methyl sites for hydroxylation is 1. The van der Waals surface area contributed by atoms with Crippen LogP contribution in [0.15, 0.2) is 27.1 Å². The zero-order chi connectivity index (χ0) is 10.3. The molecule has 14 heavy (non-hydrogen) atoms. The van der Waals surface area contributed by atoms with E-state index in [0.29, 0.717) is 5.76 Å². The van der Waals surface area contributed by atoms with E-state index in [1.165, 1.54) is 6.92 Å². The highest BCUT2D eigenvalue weighted by molar-refractivity contribution is 9.10. The van der Waals surface area contributed by atoms with Gasteiger partial charge in [0, 0.05) is 16.8 Å². The maximum Gasteiger partial charge on any atom is 0.194 e. The van der Waals surface area contributed by atoms with Crippen molar-refractivity contribution >= 4 is 32.7 Å². The average Bonchev–Trinajstić information content (AvgIpc) is 2.47. The molecule has 2 rings (SSSR count). The monoisotopic (exact) mass is 252 g/mol. The Morgan fingerprint density at radius 1 is 1.36 bits per heavy atom. The zero-order valence-electron chi connectivity index (χ0n) is 7.93. The summed E-state index contributed by atoms with van der Waals surface area (Å²) >= 11 is 3.40. The molecule has 72 valence electrons. The molecule has 0 aliphatic heterocycles. The second-order valence-corrected chi connectivity index (χ2v) is 4.22. The van der Waals surface area contributed by atoms with Crippen molar-refractivity contribution in [2.45, 2.75) is 13.8 Å². The molecule has 0 amide bonds. The molecular weight excluding hydrogens is 244 g/mol. The van der Waals surface area contributed by atoms with Gasteiger partial charge in [-0.15, -0.1) is 0 Å². The zero-order valence-corrected chi connectivity index (χ0v) is 9.51. The Morgan fingerprint density at radius 3 is 2.71 bits per heavy atom. The van der Waals surface area contributed by atoms with E-state index in [4.69, 9.17) is 4.42 Å². The van der Waals surface area contributed by atoms with Crippen molar-refractivity contribution in [2.24, 2.45) is 0 Å². The number of carbonyl (C=O) groups excluding carboxylic acids is 1. The number of ketones is 1. The molecule has 2 nitrogen and oxygen atoms in total. The Kier molecular flexibility index (Phi) is 2.19. The van der Waals surface area contributed by atoms with E-state index in [-0.39, 0.29) is 5.78 Å². The quantitative estimate of drug-likeness (QED) is 0.725. The minimum atomic E-state index is -0.0447. The lowest BCUT2D eigenvalue weighted by Gasteiger charge is -1.95. The number of Topliss-reactive ketones (excluding diaryl/α,β-unsaturated/α-hetero) is 1. The van der Waals surface area contributed by atoms with Crippen LogP contribution in [0.4, 0.5) is 0 Å². The number of rotatable bonds is 1. The van der Waals surface area contributed by atoms with Gasteiger partial charge in [0.2, 0.25) is 0 Å². The summed E-state index contributed by atoms with van der Waals surface area (Å²) in [5.41, 5.74) is 1.82. The lowest BCUT2D eigenvalue weighted by Crippen LogP contribution is -1.85. The summed E-state index contributed by atoms with van der Waals surface area (Å²) in [5.74, 6) is 0.373. The van der Waals surface area contributed by atoms with Gasteiger partial charge in [-0.1, -0.05) is 15.9 Å². The second-order valence-electron chi connectivity index (χ2n) is 3.31. The van der Waals surface area contributed by atoms with Gasteiger partial charge in [0.25, 0.3) is 0 Å². The van der Waals surface area contributed by atoms with Crippen LogP contribution in [0.5, 0.6) is 0 Å². The van der Waals surface area contributed by atoms with Gasteiger partial charge in [0.15, 0.2) is 11.5 Å². The summed E-state index contributed by atoms with van der Waals surface area (Å²) in [4.78, 5) is 11.1. The van der Waals surface area contributed by atoms with Gasteiger partial charge in [-0.3, -0.25) is 4.79 Å². The van der Waals surface area contributed by atoms with Crippen molar-refractivity contribution in [3.63, 3.8) is 0 Å². The van der Waals surface area contributed by atoms with Crippen LogP contribution in [-0.4, -0.2) is 5.78 Å². The van der Waals surface area contributed by atoms with E-state index < -0.39 is 0 Å². The fourth-order valence-electron chi connectivity index (χ4n) is 1.46. The first-order valence-corrected chi connectivity index (χ1v) is 5.08. The summed E-state index contributed by atoms with van der Waals surface area (Å²) in [5, 5.41) is 0.960. The Labute approximate surface area is 90.0 Å². The normalized spacial score (nSPS) is 10.8. The standard InChI is InChI=1S/C11H9BrO2/c1-6-3-9(12)4-8-5-10(7(2)13)14-11(6)8/h3-5H,1-2H3. The highest BCUT2D eigenvalue weighted by Crippen LogP contribution is 2.26. The maximum atomic E-state index is 11.1. The second kappa shape index (κ2) is 3.24. The summed E-state index contributed by atoms with van der Waals surface area (Å²) in [6, 6.07) is 5.68. The van der Waals surface area contributed by atoms with Crippen molar-refractivity contribution in [1.82, 2.24) is 0 Å². The molecule has 0 fully saturated rings. The fourth-order valence-corrected chi connectivity index (χ4v) is 2.05. The van der Waals surface area contributed by atoms with E-state index in [1.807, 2.05) is 19.1 Å². The molecule has 0 aliphatic carbocycles. The van der Waals surface area contributed by atoms with E-state index in [0.717, 1.165) is 21.0 Å². The molecule has 1 aromatic carbocycles. The van der Waals surface area contributed by atoms with Gasteiger partial charge >= 0.3 is 0 Å². The summed E-state index contributed by atoms with van der Waals surface area (Å²) < 4.78 is 6.44. The van der Waals surface area contributed by atoms with Crippen molar-refractivity contribution in [1.29, 1.82) is 0 Å². The molecule has 0 atom stereocenters. The predicted molar refractivity (Wildman–Crippen MR) is 58.7 cm³/mol. The van der Waals surface area contributed by atoms with E-state index in [9.17, 15) is 4.79 Å². The SMILES string of the molecule is CC(=O)c1cc2cc(Br)cc(C)c2o1. The van der Waals surface area contributed by atoms with Gasteiger partial charge < -0.3 is 4.42 Å². The Balaban J connectivity index is 2.76. The van der Waals surface area contributed by atoms with Crippen LogP contribution in [0.25, 0.3) is 11.0 Å². The van der Waals surface area contributed by atoms with Crippen LogP contribution < -0.4 is 0 Å². The minimum Gasteiger partial charge on any atom is -0.453 e.